The minimum absolute atomic E-state index is 0.126. The molecule has 0 aromatic heterocycles. The van der Waals surface area contributed by atoms with Crippen molar-refractivity contribution in [1.29, 1.82) is 0 Å². The summed E-state index contributed by atoms with van der Waals surface area (Å²) >= 11 is 0. The van der Waals surface area contributed by atoms with Crippen molar-refractivity contribution in [3.05, 3.63) is 134 Å². The van der Waals surface area contributed by atoms with E-state index in [2.05, 4.69) is 148 Å². The first-order chi connectivity index (χ1) is 35.0. The van der Waals surface area contributed by atoms with Crippen LogP contribution in [0.2, 0.25) is 0 Å². The van der Waals surface area contributed by atoms with Crippen LogP contribution in [0.5, 0.6) is 0 Å². The maximum absolute atomic E-state index is 12.9. The van der Waals surface area contributed by atoms with Gasteiger partial charge in [0.25, 0.3) is 0 Å². The van der Waals surface area contributed by atoms with Crippen molar-refractivity contribution in [3.8, 4) is 0 Å². The fraction of sp³-hybridized carbons (Fsp3) is 0.615. The van der Waals surface area contributed by atoms with Crippen molar-refractivity contribution in [2.45, 2.75) is 245 Å². The molecule has 71 heavy (non-hydrogen) atoms. The van der Waals surface area contributed by atoms with E-state index in [-0.39, 0.29) is 44.0 Å². The molecule has 0 amide bonds. The molecule has 1 atom stereocenters. The van der Waals surface area contributed by atoms with Crippen molar-refractivity contribution >= 4 is 17.9 Å². The predicted molar refractivity (Wildman–Crippen MR) is 306 cm³/mol. The van der Waals surface area contributed by atoms with Gasteiger partial charge in [0, 0.05) is 19.3 Å². The van der Waals surface area contributed by atoms with Crippen LogP contribution >= 0.6 is 0 Å². The Kier molecular flexibility index (Phi) is 54.5. The average Bonchev–Trinajstić information content (AvgIpc) is 3.37. The standard InChI is InChI=1S/C65H104O6/c1-4-7-10-13-16-19-22-25-28-31-32-35-37-40-43-46-49-52-55-58-64(67)70-61-62(71-65(68)59-56-53-50-47-44-41-38-34-30-27-24-21-18-15-12-9-6-3)60-69-63(66)57-54-51-48-45-42-39-36-33-29-26-23-20-17-14-11-8-5-2/h16-21,25-30,32,35-36,38-41,43,49,52,62H,4-15,22-24,31,33-34,37,42,44-48,50-51,53-61H2,1-3H3/b19-16-,20-17-,21-18-,28-25-,29-26-,30-27-,35-32-,39-36-,41-38-,43-40-,52-49-/t62-/m0/s1. The number of allylic oxidation sites excluding steroid dienone is 22. The Hall–Kier alpha value is -4.45. The first kappa shape index (κ1) is 66.6. The molecule has 0 saturated heterocycles. The van der Waals surface area contributed by atoms with Gasteiger partial charge in [0.1, 0.15) is 13.2 Å². The second kappa shape index (κ2) is 58.1. The molecule has 0 aliphatic carbocycles. The molecule has 6 heteroatoms. The van der Waals surface area contributed by atoms with E-state index in [4.69, 9.17) is 14.2 Å². The molecular weight excluding hydrogens is 877 g/mol. The third-order valence-corrected chi connectivity index (χ3v) is 11.6. The van der Waals surface area contributed by atoms with Crippen molar-refractivity contribution in [1.82, 2.24) is 0 Å². The number of hydrogen-bond acceptors (Lipinski definition) is 6. The van der Waals surface area contributed by atoms with Gasteiger partial charge in [-0.25, -0.2) is 0 Å². The Morgan fingerprint density at radius 2 is 0.535 bits per heavy atom. The zero-order valence-corrected chi connectivity index (χ0v) is 45.7. The molecular formula is C65H104O6. The Balaban J connectivity index is 4.61. The average molecular weight is 982 g/mol. The van der Waals surface area contributed by atoms with Gasteiger partial charge in [-0.05, 0) is 135 Å². The number of hydrogen-bond donors (Lipinski definition) is 0. The van der Waals surface area contributed by atoms with Crippen LogP contribution < -0.4 is 0 Å². The lowest BCUT2D eigenvalue weighted by molar-refractivity contribution is -0.166. The summed E-state index contributed by atoms with van der Waals surface area (Å²) < 4.78 is 16.8. The summed E-state index contributed by atoms with van der Waals surface area (Å²) in [6.07, 6.45) is 81.6. The van der Waals surface area contributed by atoms with Gasteiger partial charge >= 0.3 is 17.9 Å². The van der Waals surface area contributed by atoms with E-state index in [1.54, 1.807) is 0 Å². The van der Waals surface area contributed by atoms with Gasteiger partial charge in [-0.3, -0.25) is 14.4 Å². The predicted octanol–water partition coefficient (Wildman–Crippen LogP) is 19.4. The second-order valence-corrected chi connectivity index (χ2v) is 18.5. The molecule has 400 valence electrons. The van der Waals surface area contributed by atoms with Crippen molar-refractivity contribution in [3.63, 3.8) is 0 Å². The Bertz CT molecular complexity index is 1550. The Morgan fingerprint density at radius 1 is 0.282 bits per heavy atom. The Labute approximate surface area is 436 Å². The summed E-state index contributed by atoms with van der Waals surface area (Å²) in [5.41, 5.74) is 0. The molecule has 0 aromatic rings. The number of ether oxygens (including phenoxy) is 3. The quantitative estimate of drug-likeness (QED) is 0.0262. The maximum Gasteiger partial charge on any atom is 0.306 e. The summed E-state index contributed by atoms with van der Waals surface area (Å²) in [5.74, 6) is -1.06. The Morgan fingerprint density at radius 3 is 0.859 bits per heavy atom. The highest BCUT2D eigenvalue weighted by atomic mass is 16.6. The summed E-state index contributed by atoms with van der Waals surface area (Å²) in [6, 6.07) is 0. The van der Waals surface area contributed by atoms with Crippen molar-refractivity contribution < 1.29 is 28.6 Å². The van der Waals surface area contributed by atoms with E-state index in [0.29, 0.717) is 12.8 Å². The molecule has 0 rings (SSSR count). The molecule has 0 fully saturated rings. The molecule has 0 heterocycles. The number of esters is 3. The van der Waals surface area contributed by atoms with Crippen LogP contribution in [0.25, 0.3) is 0 Å². The topological polar surface area (TPSA) is 78.9 Å². The van der Waals surface area contributed by atoms with Crippen LogP contribution in [0.3, 0.4) is 0 Å². The molecule has 0 radical (unpaired) electrons. The molecule has 0 aromatic carbocycles. The highest BCUT2D eigenvalue weighted by Crippen LogP contribution is 2.12. The van der Waals surface area contributed by atoms with Crippen molar-refractivity contribution in [2.75, 3.05) is 13.2 Å². The van der Waals surface area contributed by atoms with E-state index in [9.17, 15) is 14.4 Å². The molecule has 0 aliphatic heterocycles. The third kappa shape index (κ3) is 56.3. The monoisotopic (exact) mass is 981 g/mol. The van der Waals surface area contributed by atoms with Crippen LogP contribution in [0.4, 0.5) is 0 Å². The van der Waals surface area contributed by atoms with E-state index >= 15 is 0 Å². The van der Waals surface area contributed by atoms with Gasteiger partial charge in [-0.15, -0.1) is 0 Å². The van der Waals surface area contributed by atoms with Crippen LogP contribution in [-0.2, 0) is 28.6 Å². The smallest absolute Gasteiger partial charge is 0.306 e. The number of unbranched alkanes of at least 4 members (excludes halogenated alkanes) is 17. The van der Waals surface area contributed by atoms with Gasteiger partial charge in [-0.2, -0.15) is 0 Å². The molecule has 0 bridgehead atoms. The van der Waals surface area contributed by atoms with E-state index in [1.165, 1.54) is 77.0 Å². The fourth-order valence-electron chi connectivity index (χ4n) is 7.26. The summed E-state index contributed by atoms with van der Waals surface area (Å²) in [5, 5.41) is 0. The summed E-state index contributed by atoms with van der Waals surface area (Å²) in [7, 11) is 0. The first-order valence-electron chi connectivity index (χ1n) is 28.7. The van der Waals surface area contributed by atoms with Gasteiger partial charge < -0.3 is 14.2 Å². The van der Waals surface area contributed by atoms with E-state index in [1.807, 2.05) is 6.08 Å². The highest BCUT2D eigenvalue weighted by Gasteiger charge is 2.19. The molecule has 6 nitrogen and oxygen atoms in total. The van der Waals surface area contributed by atoms with Gasteiger partial charge in [0.15, 0.2) is 6.10 Å². The summed E-state index contributed by atoms with van der Waals surface area (Å²) in [4.78, 5) is 38.1. The number of carbonyl (C=O) groups is 3. The lowest BCUT2D eigenvalue weighted by Gasteiger charge is -2.18. The van der Waals surface area contributed by atoms with Crippen LogP contribution in [-0.4, -0.2) is 37.2 Å². The van der Waals surface area contributed by atoms with Crippen LogP contribution in [0.1, 0.15) is 239 Å². The minimum Gasteiger partial charge on any atom is -0.462 e. The van der Waals surface area contributed by atoms with Crippen LogP contribution in [0, 0.1) is 0 Å². The zero-order chi connectivity index (χ0) is 51.4. The SMILES string of the molecule is CCCCC/C=C\C/C=C\C/C=C\C/C=C\C/C=C\CCC(=O)OC[C@H](COC(=O)CCCCCC/C=C\C/C=C\C/C=C\CCCCC)OC(=O)CCCCCC/C=C\C/C=C\C/C=C\CCCCC. The second-order valence-electron chi connectivity index (χ2n) is 18.5. The molecule has 0 spiro atoms. The van der Waals surface area contributed by atoms with E-state index < -0.39 is 6.10 Å². The van der Waals surface area contributed by atoms with Gasteiger partial charge in [-0.1, -0.05) is 219 Å². The highest BCUT2D eigenvalue weighted by molar-refractivity contribution is 5.71. The van der Waals surface area contributed by atoms with Gasteiger partial charge in [0.2, 0.25) is 0 Å². The lowest BCUT2D eigenvalue weighted by Crippen LogP contribution is -2.30. The number of carbonyl (C=O) groups excluding carboxylic acids is 3. The molecule has 0 N–H and O–H groups in total. The lowest BCUT2D eigenvalue weighted by atomic mass is 10.1. The van der Waals surface area contributed by atoms with Gasteiger partial charge in [0.05, 0.1) is 0 Å². The van der Waals surface area contributed by atoms with Crippen LogP contribution in [0.15, 0.2) is 134 Å². The fourth-order valence-corrected chi connectivity index (χ4v) is 7.26. The first-order valence-corrected chi connectivity index (χ1v) is 28.7. The normalized spacial score (nSPS) is 13.1. The van der Waals surface area contributed by atoms with Crippen molar-refractivity contribution in [2.24, 2.45) is 0 Å². The molecule has 0 unspecified atom stereocenters. The third-order valence-electron chi connectivity index (χ3n) is 11.6. The summed E-state index contributed by atoms with van der Waals surface area (Å²) in [6.45, 7) is 6.44. The maximum atomic E-state index is 12.9. The molecule has 0 aliphatic rings. The number of rotatable bonds is 50. The minimum atomic E-state index is -0.835. The molecule has 0 saturated carbocycles. The largest absolute Gasteiger partial charge is 0.462 e. The van der Waals surface area contributed by atoms with E-state index in [0.717, 1.165) is 116 Å². The zero-order valence-electron chi connectivity index (χ0n) is 45.7.